The van der Waals surface area contributed by atoms with Gasteiger partial charge in [0.05, 0.1) is 0 Å². The smallest absolute Gasteiger partial charge is 0.0457 e. The molecule has 0 amide bonds. The zero-order valence-corrected chi connectivity index (χ0v) is 10.7. The zero-order valence-electron chi connectivity index (χ0n) is 10.7. The third-order valence-corrected chi connectivity index (χ3v) is 4.03. The predicted molar refractivity (Wildman–Crippen MR) is 72.5 cm³/mol. The molecule has 1 aromatic heterocycles. The van der Waals surface area contributed by atoms with Gasteiger partial charge in [0.2, 0.25) is 0 Å². The van der Waals surface area contributed by atoms with Gasteiger partial charge in [-0.3, -0.25) is 0 Å². The van der Waals surface area contributed by atoms with Crippen molar-refractivity contribution in [2.24, 2.45) is 0 Å². The van der Waals surface area contributed by atoms with Gasteiger partial charge in [0.1, 0.15) is 0 Å². The molecule has 0 unspecified atom stereocenters. The highest BCUT2D eigenvalue weighted by atomic mass is 15.1. The molecule has 1 aliphatic rings. The van der Waals surface area contributed by atoms with Crippen LogP contribution in [0.3, 0.4) is 0 Å². The van der Waals surface area contributed by atoms with E-state index in [0.29, 0.717) is 0 Å². The Kier molecular flexibility index (Phi) is 2.67. The number of benzene rings is 1. The summed E-state index contributed by atoms with van der Waals surface area (Å²) in [5.41, 5.74) is 4.16. The number of aromatic nitrogens is 1. The van der Waals surface area contributed by atoms with Gasteiger partial charge < -0.3 is 9.88 Å². The number of nitrogens with zero attached hydrogens (tertiary/aromatic N) is 1. The van der Waals surface area contributed by atoms with Gasteiger partial charge in [-0.2, -0.15) is 0 Å². The van der Waals surface area contributed by atoms with Gasteiger partial charge in [-0.25, -0.2) is 0 Å². The number of rotatable bonds is 1. The highest BCUT2D eigenvalue weighted by Gasteiger charge is 2.20. The third-order valence-electron chi connectivity index (χ3n) is 4.03. The lowest BCUT2D eigenvalue weighted by molar-refractivity contribution is 0.256. The van der Waals surface area contributed by atoms with Crippen LogP contribution >= 0.6 is 0 Å². The number of piperidine rings is 1. The summed E-state index contributed by atoms with van der Waals surface area (Å²) in [7, 11) is 2.22. The summed E-state index contributed by atoms with van der Waals surface area (Å²) in [5, 5.41) is 1.43. The monoisotopic (exact) mass is 228 g/mol. The van der Waals surface area contributed by atoms with Gasteiger partial charge in [0.15, 0.2) is 0 Å². The highest BCUT2D eigenvalue weighted by Crippen LogP contribution is 2.33. The molecule has 1 N–H and O–H groups in total. The summed E-state index contributed by atoms with van der Waals surface area (Å²) in [6.45, 7) is 4.62. The van der Waals surface area contributed by atoms with E-state index in [4.69, 9.17) is 0 Å². The Morgan fingerprint density at radius 1 is 1.24 bits per heavy atom. The van der Waals surface area contributed by atoms with E-state index in [1.165, 1.54) is 48.0 Å². The average molecular weight is 228 g/mol. The molecule has 2 aromatic rings. The molecule has 0 bridgehead atoms. The molecule has 0 aliphatic carbocycles. The lowest BCUT2D eigenvalue weighted by atomic mass is 9.89. The van der Waals surface area contributed by atoms with Gasteiger partial charge in [-0.05, 0) is 63.5 Å². The lowest BCUT2D eigenvalue weighted by Crippen LogP contribution is -2.29. The number of nitrogens with one attached hydrogen (secondary N) is 1. The molecule has 1 fully saturated rings. The van der Waals surface area contributed by atoms with Crippen molar-refractivity contribution < 1.29 is 0 Å². The van der Waals surface area contributed by atoms with Crippen LogP contribution in [0, 0.1) is 6.92 Å². The van der Waals surface area contributed by atoms with Crippen LogP contribution in [0.25, 0.3) is 10.9 Å². The Labute approximate surface area is 103 Å². The summed E-state index contributed by atoms with van der Waals surface area (Å²) in [4.78, 5) is 5.84. The fraction of sp³-hybridized carbons (Fsp3) is 0.467. The maximum atomic E-state index is 3.41. The standard InChI is InChI=1S/C15H20N2/c1-11-3-4-15-13(9-11)14(10-16-15)12-5-7-17(2)8-6-12/h3-4,9-10,12,16H,5-8H2,1-2H3. The second-order valence-electron chi connectivity index (χ2n) is 5.37. The van der Waals surface area contributed by atoms with E-state index in [-0.39, 0.29) is 0 Å². The molecular formula is C15H20N2. The largest absolute Gasteiger partial charge is 0.361 e. The van der Waals surface area contributed by atoms with E-state index in [0.717, 1.165) is 5.92 Å². The highest BCUT2D eigenvalue weighted by molar-refractivity contribution is 5.84. The van der Waals surface area contributed by atoms with Gasteiger partial charge in [-0.1, -0.05) is 11.6 Å². The summed E-state index contributed by atoms with van der Waals surface area (Å²) >= 11 is 0. The minimum atomic E-state index is 0.738. The number of hydrogen-bond acceptors (Lipinski definition) is 1. The molecule has 0 saturated carbocycles. The number of aromatic amines is 1. The summed E-state index contributed by atoms with van der Waals surface area (Å²) in [6, 6.07) is 6.69. The molecule has 17 heavy (non-hydrogen) atoms. The van der Waals surface area contributed by atoms with E-state index in [9.17, 15) is 0 Å². The fourth-order valence-corrected chi connectivity index (χ4v) is 2.91. The number of fused-ring (bicyclic) bond motifs is 1. The first-order chi connectivity index (χ1) is 8.24. The maximum Gasteiger partial charge on any atom is 0.0457 e. The number of hydrogen-bond donors (Lipinski definition) is 1. The maximum absolute atomic E-state index is 3.41. The molecule has 1 aliphatic heterocycles. The molecule has 2 heteroatoms. The van der Waals surface area contributed by atoms with Crippen molar-refractivity contribution in [2.75, 3.05) is 20.1 Å². The average Bonchev–Trinajstić information content (AvgIpc) is 2.73. The third kappa shape index (κ3) is 1.98. The van der Waals surface area contributed by atoms with Crippen molar-refractivity contribution in [3.63, 3.8) is 0 Å². The van der Waals surface area contributed by atoms with Crippen molar-refractivity contribution in [3.05, 3.63) is 35.5 Å². The molecule has 90 valence electrons. The van der Waals surface area contributed by atoms with Gasteiger partial charge >= 0.3 is 0 Å². The van der Waals surface area contributed by atoms with Gasteiger partial charge in [0.25, 0.3) is 0 Å². The minimum absolute atomic E-state index is 0.738. The Hall–Kier alpha value is -1.28. The van der Waals surface area contributed by atoms with Crippen molar-refractivity contribution in [1.29, 1.82) is 0 Å². The topological polar surface area (TPSA) is 19.0 Å². The fourth-order valence-electron chi connectivity index (χ4n) is 2.91. The van der Waals surface area contributed by atoms with Crippen molar-refractivity contribution >= 4 is 10.9 Å². The van der Waals surface area contributed by atoms with Gasteiger partial charge in [0, 0.05) is 17.1 Å². The lowest BCUT2D eigenvalue weighted by Gasteiger charge is -2.28. The van der Waals surface area contributed by atoms with Crippen molar-refractivity contribution in [2.45, 2.75) is 25.7 Å². The Balaban J connectivity index is 1.97. The van der Waals surface area contributed by atoms with Crippen LogP contribution in [0.2, 0.25) is 0 Å². The number of aryl methyl sites for hydroxylation is 1. The molecule has 3 rings (SSSR count). The van der Waals surface area contributed by atoms with Crippen LogP contribution in [-0.2, 0) is 0 Å². The molecule has 1 aromatic carbocycles. The predicted octanol–water partition coefficient (Wildman–Crippen LogP) is 3.29. The second kappa shape index (κ2) is 4.19. The molecule has 0 atom stereocenters. The molecular weight excluding hydrogens is 208 g/mol. The molecule has 2 heterocycles. The second-order valence-corrected chi connectivity index (χ2v) is 5.37. The first-order valence-electron chi connectivity index (χ1n) is 6.50. The summed E-state index contributed by atoms with van der Waals surface area (Å²) in [6.07, 6.45) is 4.80. The minimum Gasteiger partial charge on any atom is -0.361 e. The molecule has 1 saturated heterocycles. The normalized spacial score (nSPS) is 18.9. The first-order valence-corrected chi connectivity index (χ1v) is 6.50. The Bertz CT molecular complexity index is 519. The van der Waals surface area contributed by atoms with Crippen LogP contribution in [0.1, 0.15) is 29.9 Å². The molecule has 2 nitrogen and oxygen atoms in total. The zero-order chi connectivity index (χ0) is 11.8. The SMILES string of the molecule is Cc1ccc2[nH]cc(C3CCN(C)CC3)c2c1. The number of H-pyrrole nitrogens is 1. The van der Waals surface area contributed by atoms with Crippen molar-refractivity contribution in [3.8, 4) is 0 Å². The Morgan fingerprint density at radius 3 is 2.76 bits per heavy atom. The van der Waals surface area contributed by atoms with Crippen LogP contribution < -0.4 is 0 Å². The van der Waals surface area contributed by atoms with Crippen LogP contribution in [0.5, 0.6) is 0 Å². The van der Waals surface area contributed by atoms with Crippen LogP contribution in [0.4, 0.5) is 0 Å². The summed E-state index contributed by atoms with van der Waals surface area (Å²) in [5.74, 6) is 0.738. The van der Waals surface area contributed by atoms with E-state index in [2.05, 4.69) is 48.3 Å². The molecule has 0 spiro atoms. The van der Waals surface area contributed by atoms with Crippen molar-refractivity contribution in [1.82, 2.24) is 9.88 Å². The van der Waals surface area contributed by atoms with E-state index in [1.807, 2.05) is 0 Å². The quantitative estimate of drug-likeness (QED) is 0.793. The van der Waals surface area contributed by atoms with E-state index >= 15 is 0 Å². The van der Waals surface area contributed by atoms with Crippen LogP contribution in [0.15, 0.2) is 24.4 Å². The Morgan fingerprint density at radius 2 is 2.00 bits per heavy atom. The van der Waals surface area contributed by atoms with E-state index in [1.54, 1.807) is 0 Å². The molecule has 0 radical (unpaired) electrons. The van der Waals surface area contributed by atoms with Gasteiger partial charge in [-0.15, -0.1) is 0 Å². The number of likely N-dealkylation sites (tertiary alicyclic amines) is 1. The summed E-state index contributed by atoms with van der Waals surface area (Å²) < 4.78 is 0. The van der Waals surface area contributed by atoms with Crippen LogP contribution in [-0.4, -0.2) is 30.0 Å². The first kappa shape index (κ1) is 10.8. The van der Waals surface area contributed by atoms with E-state index < -0.39 is 0 Å².